The van der Waals surface area contributed by atoms with Gasteiger partial charge < -0.3 is 23.4 Å². The second kappa shape index (κ2) is 9.45. The second-order valence-electron chi connectivity index (χ2n) is 7.91. The van der Waals surface area contributed by atoms with Gasteiger partial charge in [0.2, 0.25) is 11.6 Å². The van der Waals surface area contributed by atoms with Crippen molar-refractivity contribution in [2.24, 2.45) is 0 Å². The molecule has 1 aliphatic rings. The number of rotatable bonds is 6. The van der Waals surface area contributed by atoms with Crippen LogP contribution in [0.5, 0.6) is 5.75 Å². The van der Waals surface area contributed by atoms with Crippen LogP contribution in [0.25, 0.3) is 11.7 Å². The van der Waals surface area contributed by atoms with E-state index in [0.717, 1.165) is 16.2 Å². The smallest absolute Gasteiger partial charge is 0.266 e. The third kappa shape index (κ3) is 4.54. The molecule has 0 radical (unpaired) electrons. The Labute approximate surface area is 200 Å². The lowest BCUT2D eigenvalue weighted by atomic mass is 10.2. The molecule has 9 heteroatoms. The molecule has 172 valence electrons. The molecule has 0 aliphatic carbocycles. The molecule has 1 saturated heterocycles. The largest absolute Gasteiger partial charge is 0.486 e. The number of carbonyl (C=O) groups excluding carboxylic acids is 1. The Morgan fingerprint density at radius 1 is 1.15 bits per heavy atom. The normalized spacial score (nSPS) is 13.6. The number of aryl methyl sites for hydroxylation is 1. The first-order valence-electron chi connectivity index (χ1n) is 10.9. The van der Waals surface area contributed by atoms with Crippen molar-refractivity contribution in [2.45, 2.75) is 13.5 Å². The number of hydrogen-bond acceptors (Lipinski definition) is 8. The molecular weight excluding hydrogens is 452 g/mol. The van der Waals surface area contributed by atoms with E-state index in [4.69, 9.17) is 13.6 Å². The number of nitriles is 1. The topological polar surface area (TPSA) is 95.7 Å². The Balaban J connectivity index is 1.25. The van der Waals surface area contributed by atoms with Crippen molar-refractivity contribution in [2.75, 3.05) is 31.1 Å². The summed E-state index contributed by atoms with van der Waals surface area (Å²) in [5, 5.41) is 11.5. The molecule has 0 unspecified atom stereocenters. The minimum absolute atomic E-state index is 0.0319. The van der Waals surface area contributed by atoms with Gasteiger partial charge in [-0.1, -0.05) is 18.2 Å². The molecule has 0 spiro atoms. The summed E-state index contributed by atoms with van der Waals surface area (Å²) in [4.78, 5) is 21.4. The number of thiophene rings is 1. The fourth-order valence-corrected chi connectivity index (χ4v) is 4.49. The Hall–Kier alpha value is -4.03. The van der Waals surface area contributed by atoms with Crippen LogP contribution in [0.3, 0.4) is 0 Å². The second-order valence-corrected chi connectivity index (χ2v) is 8.86. The average Bonchev–Trinajstić information content (AvgIpc) is 3.63. The molecule has 1 fully saturated rings. The summed E-state index contributed by atoms with van der Waals surface area (Å²) in [6.07, 6.45) is 0. The van der Waals surface area contributed by atoms with Gasteiger partial charge in [-0.2, -0.15) is 10.2 Å². The molecule has 0 N–H and O–H groups in total. The quantitative estimate of drug-likeness (QED) is 0.399. The molecule has 0 atom stereocenters. The Morgan fingerprint density at radius 2 is 2.00 bits per heavy atom. The highest BCUT2D eigenvalue weighted by Crippen LogP contribution is 2.30. The van der Waals surface area contributed by atoms with Gasteiger partial charge in [0.25, 0.3) is 11.8 Å². The monoisotopic (exact) mass is 474 g/mol. The number of carbonyl (C=O) groups is 1. The van der Waals surface area contributed by atoms with Crippen LogP contribution in [-0.2, 0) is 6.61 Å². The fourth-order valence-electron chi connectivity index (χ4n) is 3.80. The van der Waals surface area contributed by atoms with E-state index in [-0.39, 0.29) is 24.1 Å². The lowest BCUT2D eigenvalue weighted by molar-refractivity contribution is 0.0750. The van der Waals surface area contributed by atoms with E-state index in [1.54, 1.807) is 12.1 Å². The van der Waals surface area contributed by atoms with Crippen molar-refractivity contribution < 1.29 is 18.4 Å². The molecule has 4 heterocycles. The van der Waals surface area contributed by atoms with E-state index in [1.807, 2.05) is 58.5 Å². The van der Waals surface area contributed by atoms with Gasteiger partial charge in [0, 0.05) is 26.2 Å². The maximum Gasteiger partial charge on any atom is 0.266 e. The van der Waals surface area contributed by atoms with Crippen LogP contribution >= 0.6 is 11.3 Å². The number of anilines is 1. The number of furan rings is 1. The number of aromatic nitrogens is 1. The van der Waals surface area contributed by atoms with Crippen LogP contribution in [-0.4, -0.2) is 42.0 Å². The highest BCUT2D eigenvalue weighted by molar-refractivity contribution is 7.12. The summed E-state index contributed by atoms with van der Waals surface area (Å²) in [5.74, 6) is 2.48. The molecule has 8 nitrogen and oxygen atoms in total. The Morgan fingerprint density at radius 3 is 2.74 bits per heavy atom. The summed E-state index contributed by atoms with van der Waals surface area (Å²) in [6, 6.07) is 17.2. The first-order valence-corrected chi connectivity index (χ1v) is 11.8. The van der Waals surface area contributed by atoms with E-state index in [1.165, 1.54) is 11.3 Å². The van der Waals surface area contributed by atoms with E-state index >= 15 is 0 Å². The van der Waals surface area contributed by atoms with Gasteiger partial charge in [0.05, 0.1) is 4.88 Å². The number of hydrogen-bond donors (Lipinski definition) is 0. The van der Waals surface area contributed by atoms with Crippen LogP contribution in [0, 0.1) is 18.3 Å². The van der Waals surface area contributed by atoms with Crippen molar-refractivity contribution in [3.05, 3.63) is 75.8 Å². The van der Waals surface area contributed by atoms with E-state index in [0.29, 0.717) is 43.6 Å². The van der Waals surface area contributed by atoms with Crippen molar-refractivity contribution in [3.63, 3.8) is 0 Å². The minimum Gasteiger partial charge on any atom is -0.486 e. The lowest BCUT2D eigenvalue weighted by Gasteiger charge is -2.34. The van der Waals surface area contributed by atoms with E-state index in [2.05, 4.69) is 11.1 Å². The van der Waals surface area contributed by atoms with Crippen molar-refractivity contribution in [1.82, 2.24) is 9.88 Å². The molecule has 1 amide bonds. The molecule has 3 aromatic heterocycles. The summed E-state index contributed by atoms with van der Waals surface area (Å²) in [7, 11) is 0. The first-order chi connectivity index (χ1) is 16.6. The molecule has 0 saturated carbocycles. The minimum atomic E-state index is 0.0319. The molecule has 4 aromatic rings. The zero-order valence-corrected chi connectivity index (χ0v) is 19.4. The van der Waals surface area contributed by atoms with Gasteiger partial charge in [0.15, 0.2) is 5.76 Å². The van der Waals surface area contributed by atoms with Gasteiger partial charge in [0.1, 0.15) is 24.2 Å². The van der Waals surface area contributed by atoms with Gasteiger partial charge in [-0.05, 0) is 48.2 Å². The van der Waals surface area contributed by atoms with Crippen molar-refractivity contribution in [1.29, 1.82) is 5.26 Å². The zero-order valence-electron chi connectivity index (χ0n) is 18.6. The molecule has 1 aliphatic heterocycles. The van der Waals surface area contributed by atoms with Crippen LogP contribution in [0.4, 0.5) is 5.88 Å². The van der Waals surface area contributed by atoms with Crippen LogP contribution in [0.2, 0.25) is 0 Å². The SMILES string of the molecule is Cc1cccc(OCc2ccc(-c3nc(C#N)c(N4CCN(C(=O)c5cccs5)CC4)o3)o2)c1. The standard InChI is InChI=1S/C25H22N4O4S/c1-17-4-2-5-18(14-17)31-16-19-7-8-21(32-19)23-27-20(15-26)25(33-23)29-11-9-28(10-12-29)24(30)22-6-3-13-34-22/h2-8,13-14H,9-12,16H2,1H3. The number of oxazole rings is 1. The van der Waals surface area contributed by atoms with E-state index < -0.39 is 0 Å². The zero-order chi connectivity index (χ0) is 23.5. The summed E-state index contributed by atoms with van der Waals surface area (Å²) >= 11 is 1.44. The highest BCUT2D eigenvalue weighted by atomic mass is 32.1. The summed E-state index contributed by atoms with van der Waals surface area (Å²) < 4.78 is 17.6. The maximum absolute atomic E-state index is 12.6. The molecule has 0 bridgehead atoms. The van der Waals surface area contributed by atoms with Gasteiger partial charge in [-0.15, -0.1) is 11.3 Å². The predicted molar refractivity (Wildman–Crippen MR) is 127 cm³/mol. The number of ether oxygens (including phenoxy) is 1. The van der Waals surface area contributed by atoms with Gasteiger partial charge >= 0.3 is 0 Å². The lowest BCUT2D eigenvalue weighted by Crippen LogP contribution is -2.48. The predicted octanol–water partition coefficient (Wildman–Crippen LogP) is 4.72. The fraction of sp³-hybridized carbons (Fsp3) is 0.240. The Bertz CT molecular complexity index is 1330. The third-order valence-electron chi connectivity index (χ3n) is 5.54. The molecule has 1 aromatic carbocycles. The van der Waals surface area contributed by atoms with E-state index in [9.17, 15) is 10.1 Å². The van der Waals surface area contributed by atoms with Gasteiger partial charge in [-0.25, -0.2) is 0 Å². The third-order valence-corrected chi connectivity index (χ3v) is 6.40. The molecule has 34 heavy (non-hydrogen) atoms. The number of amides is 1. The molecular formula is C25H22N4O4S. The first kappa shape index (κ1) is 21.8. The summed E-state index contributed by atoms with van der Waals surface area (Å²) in [6.45, 7) is 4.45. The number of nitrogens with zero attached hydrogens (tertiary/aromatic N) is 4. The average molecular weight is 475 g/mol. The van der Waals surface area contributed by atoms with Crippen LogP contribution in [0.1, 0.15) is 26.7 Å². The van der Waals surface area contributed by atoms with Gasteiger partial charge in [-0.3, -0.25) is 4.79 Å². The molecule has 5 rings (SSSR count). The number of benzene rings is 1. The highest BCUT2D eigenvalue weighted by Gasteiger charge is 2.28. The maximum atomic E-state index is 12.6. The summed E-state index contributed by atoms with van der Waals surface area (Å²) in [5.41, 5.74) is 1.31. The van der Waals surface area contributed by atoms with Crippen molar-refractivity contribution in [3.8, 4) is 23.5 Å². The Kier molecular flexibility index (Phi) is 6.06. The van der Waals surface area contributed by atoms with Crippen LogP contribution in [0.15, 0.2) is 62.7 Å². The number of piperazine rings is 1. The van der Waals surface area contributed by atoms with Crippen molar-refractivity contribution >= 4 is 23.1 Å². The van der Waals surface area contributed by atoms with Crippen LogP contribution < -0.4 is 9.64 Å².